The van der Waals surface area contributed by atoms with Crippen LogP contribution in [0.4, 0.5) is 0 Å². The zero-order valence-electron chi connectivity index (χ0n) is 13.8. The minimum Gasteiger partial charge on any atom is -0.467 e. The second-order valence-corrected chi connectivity index (χ2v) is 6.28. The SMILES string of the molecule is COC(=O)C(NC(=O)c1ccc(-n2cncn2)cc1)c1ccc(Br)cc1. The van der Waals surface area contributed by atoms with E-state index in [1.807, 2.05) is 0 Å². The molecule has 1 amide bonds. The van der Waals surface area contributed by atoms with Gasteiger partial charge in [0.1, 0.15) is 12.7 Å². The number of nitrogens with zero attached hydrogens (tertiary/aromatic N) is 3. The Bertz CT molecular complexity index is 893. The maximum Gasteiger partial charge on any atom is 0.333 e. The van der Waals surface area contributed by atoms with Gasteiger partial charge in [0.2, 0.25) is 0 Å². The Morgan fingerprint density at radius 2 is 1.81 bits per heavy atom. The molecule has 0 saturated carbocycles. The van der Waals surface area contributed by atoms with Crippen molar-refractivity contribution < 1.29 is 14.3 Å². The molecule has 0 aliphatic heterocycles. The Morgan fingerprint density at radius 3 is 2.38 bits per heavy atom. The Kier molecular flexibility index (Phi) is 5.43. The smallest absolute Gasteiger partial charge is 0.333 e. The molecule has 8 heteroatoms. The largest absolute Gasteiger partial charge is 0.467 e. The molecule has 3 rings (SSSR count). The van der Waals surface area contributed by atoms with Gasteiger partial charge in [0.05, 0.1) is 12.8 Å². The number of ether oxygens (including phenoxy) is 1. The quantitative estimate of drug-likeness (QED) is 0.648. The molecule has 1 N–H and O–H groups in total. The highest BCUT2D eigenvalue weighted by Crippen LogP contribution is 2.19. The number of carbonyl (C=O) groups excluding carboxylic acids is 2. The van der Waals surface area contributed by atoms with Crippen LogP contribution in [0.5, 0.6) is 0 Å². The number of benzene rings is 2. The summed E-state index contributed by atoms with van der Waals surface area (Å²) < 4.78 is 7.28. The monoisotopic (exact) mass is 414 g/mol. The van der Waals surface area contributed by atoms with Gasteiger partial charge in [0.25, 0.3) is 5.91 Å². The zero-order chi connectivity index (χ0) is 18.5. The number of halogens is 1. The van der Waals surface area contributed by atoms with Gasteiger partial charge in [0, 0.05) is 10.0 Å². The van der Waals surface area contributed by atoms with Gasteiger partial charge in [-0.2, -0.15) is 5.10 Å². The van der Waals surface area contributed by atoms with Gasteiger partial charge in [-0.15, -0.1) is 0 Å². The lowest BCUT2D eigenvalue weighted by atomic mass is 10.1. The molecule has 26 heavy (non-hydrogen) atoms. The summed E-state index contributed by atoms with van der Waals surface area (Å²) in [4.78, 5) is 28.5. The van der Waals surface area contributed by atoms with Crippen LogP contribution in [0.25, 0.3) is 5.69 Å². The van der Waals surface area contributed by atoms with Crippen LogP contribution in [-0.2, 0) is 9.53 Å². The Hall–Kier alpha value is -3.00. The van der Waals surface area contributed by atoms with Crippen molar-refractivity contribution in [1.82, 2.24) is 20.1 Å². The van der Waals surface area contributed by atoms with E-state index in [9.17, 15) is 9.59 Å². The molecule has 1 unspecified atom stereocenters. The minimum atomic E-state index is -0.893. The molecule has 1 heterocycles. The molecule has 1 aromatic heterocycles. The van der Waals surface area contributed by atoms with Crippen LogP contribution >= 0.6 is 15.9 Å². The zero-order valence-corrected chi connectivity index (χ0v) is 15.4. The average Bonchev–Trinajstić information content (AvgIpc) is 3.21. The molecular formula is C18H15BrN4O3. The predicted molar refractivity (Wildman–Crippen MR) is 97.7 cm³/mol. The minimum absolute atomic E-state index is 0.381. The van der Waals surface area contributed by atoms with Crippen molar-refractivity contribution in [1.29, 1.82) is 0 Å². The number of methoxy groups -OCH3 is 1. The number of hydrogen-bond acceptors (Lipinski definition) is 5. The topological polar surface area (TPSA) is 86.1 Å². The van der Waals surface area contributed by atoms with Crippen LogP contribution in [0.15, 0.2) is 65.7 Å². The van der Waals surface area contributed by atoms with E-state index in [0.717, 1.165) is 10.2 Å². The second kappa shape index (κ2) is 7.92. The maximum atomic E-state index is 12.6. The molecule has 3 aromatic rings. The number of rotatable bonds is 5. The lowest BCUT2D eigenvalue weighted by molar-refractivity contribution is -0.143. The second-order valence-electron chi connectivity index (χ2n) is 5.37. The molecule has 0 fully saturated rings. The van der Waals surface area contributed by atoms with Crippen molar-refractivity contribution in [3.05, 3.63) is 76.8 Å². The first-order valence-corrected chi connectivity index (χ1v) is 8.47. The average molecular weight is 415 g/mol. The van der Waals surface area contributed by atoms with E-state index >= 15 is 0 Å². The highest BCUT2D eigenvalue weighted by Gasteiger charge is 2.24. The fourth-order valence-electron chi connectivity index (χ4n) is 2.37. The molecule has 0 bridgehead atoms. The number of hydrogen-bond donors (Lipinski definition) is 1. The first-order valence-electron chi connectivity index (χ1n) is 7.67. The molecule has 132 valence electrons. The molecule has 0 spiro atoms. The first-order chi connectivity index (χ1) is 12.6. The van der Waals surface area contributed by atoms with Crippen LogP contribution in [-0.4, -0.2) is 33.8 Å². The van der Waals surface area contributed by atoms with E-state index in [-0.39, 0.29) is 5.91 Å². The van der Waals surface area contributed by atoms with Crippen molar-refractivity contribution in [2.45, 2.75) is 6.04 Å². The fourth-order valence-corrected chi connectivity index (χ4v) is 2.64. The van der Waals surface area contributed by atoms with Gasteiger partial charge in [-0.05, 0) is 42.0 Å². The summed E-state index contributed by atoms with van der Waals surface area (Å²) in [6.45, 7) is 0. The van der Waals surface area contributed by atoms with E-state index in [1.165, 1.54) is 13.4 Å². The van der Waals surface area contributed by atoms with Gasteiger partial charge < -0.3 is 10.1 Å². The van der Waals surface area contributed by atoms with Crippen LogP contribution in [0, 0.1) is 0 Å². The van der Waals surface area contributed by atoms with Crippen molar-refractivity contribution in [3.63, 3.8) is 0 Å². The van der Waals surface area contributed by atoms with Crippen LogP contribution in [0.1, 0.15) is 22.0 Å². The van der Waals surface area contributed by atoms with E-state index in [2.05, 4.69) is 31.3 Å². The van der Waals surface area contributed by atoms with Gasteiger partial charge in [0.15, 0.2) is 6.04 Å². The highest BCUT2D eigenvalue weighted by molar-refractivity contribution is 9.10. The van der Waals surface area contributed by atoms with E-state index < -0.39 is 12.0 Å². The van der Waals surface area contributed by atoms with Gasteiger partial charge in [-0.25, -0.2) is 14.5 Å². The summed E-state index contributed by atoms with van der Waals surface area (Å²) in [6, 6.07) is 13.0. The fraction of sp³-hybridized carbons (Fsp3) is 0.111. The van der Waals surface area contributed by atoms with E-state index in [0.29, 0.717) is 11.1 Å². The first kappa shape index (κ1) is 17.8. The van der Waals surface area contributed by atoms with Crippen LogP contribution < -0.4 is 5.32 Å². The lowest BCUT2D eigenvalue weighted by Crippen LogP contribution is -2.34. The normalized spacial score (nSPS) is 11.6. The van der Waals surface area contributed by atoms with Crippen molar-refractivity contribution >= 4 is 27.8 Å². The third-order valence-corrected chi connectivity index (χ3v) is 4.26. The summed E-state index contributed by atoms with van der Waals surface area (Å²) in [5, 5.41) is 6.74. The number of carbonyl (C=O) groups is 2. The van der Waals surface area contributed by atoms with Crippen molar-refractivity contribution in [3.8, 4) is 5.69 Å². The number of esters is 1. The summed E-state index contributed by atoms with van der Waals surface area (Å²) in [5.41, 5.74) is 1.82. The summed E-state index contributed by atoms with van der Waals surface area (Å²) in [6.07, 6.45) is 3.00. The molecule has 0 aliphatic rings. The predicted octanol–water partition coefficient (Wildman–Crippen LogP) is 2.67. The molecule has 0 radical (unpaired) electrons. The van der Waals surface area contributed by atoms with E-state index in [4.69, 9.17) is 4.74 Å². The van der Waals surface area contributed by atoms with E-state index in [1.54, 1.807) is 59.5 Å². The molecule has 0 saturated heterocycles. The van der Waals surface area contributed by atoms with Gasteiger partial charge in [-0.1, -0.05) is 28.1 Å². The van der Waals surface area contributed by atoms with Crippen molar-refractivity contribution in [2.75, 3.05) is 7.11 Å². The third kappa shape index (κ3) is 3.97. The standard InChI is InChI=1S/C18H15BrN4O3/c1-26-18(25)16(12-2-6-14(19)7-3-12)22-17(24)13-4-8-15(9-5-13)23-11-20-10-21-23/h2-11,16H,1H3,(H,22,24). The summed E-state index contributed by atoms with van der Waals surface area (Å²) >= 11 is 3.34. The van der Waals surface area contributed by atoms with Gasteiger partial charge in [-0.3, -0.25) is 4.79 Å². The van der Waals surface area contributed by atoms with Crippen LogP contribution in [0.2, 0.25) is 0 Å². The molecular weight excluding hydrogens is 400 g/mol. The number of aromatic nitrogens is 3. The lowest BCUT2D eigenvalue weighted by Gasteiger charge is -2.17. The Morgan fingerprint density at radius 1 is 1.12 bits per heavy atom. The molecule has 2 aromatic carbocycles. The van der Waals surface area contributed by atoms with Crippen molar-refractivity contribution in [2.24, 2.45) is 0 Å². The summed E-state index contributed by atoms with van der Waals surface area (Å²) in [5.74, 6) is -0.923. The third-order valence-electron chi connectivity index (χ3n) is 3.73. The van der Waals surface area contributed by atoms with Crippen LogP contribution in [0.3, 0.4) is 0 Å². The molecule has 0 aliphatic carbocycles. The highest BCUT2D eigenvalue weighted by atomic mass is 79.9. The molecule has 7 nitrogen and oxygen atoms in total. The number of amides is 1. The molecule has 1 atom stereocenters. The maximum absolute atomic E-state index is 12.6. The van der Waals surface area contributed by atoms with Gasteiger partial charge >= 0.3 is 5.97 Å². The Labute approximate surface area is 158 Å². The summed E-state index contributed by atoms with van der Waals surface area (Å²) in [7, 11) is 1.28. The number of nitrogens with one attached hydrogen (secondary N) is 1. The Balaban J connectivity index is 1.79.